The van der Waals surface area contributed by atoms with Crippen molar-refractivity contribution < 1.29 is 4.74 Å². The molecular weight excluding hydrogens is 266 g/mol. The van der Waals surface area contributed by atoms with Crippen molar-refractivity contribution in [2.75, 3.05) is 17.9 Å². The Labute approximate surface area is 124 Å². The second-order valence-electron chi connectivity index (χ2n) is 7.07. The Kier molecular flexibility index (Phi) is 2.96. The van der Waals surface area contributed by atoms with Crippen molar-refractivity contribution in [2.45, 2.75) is 44.1 Å². The number of methoxy groups -OCH3 is 1. The minimum absolute atomic E-state index is 0.197. The molecule has 4 bridgehead atoms. The zero-order chi connectivity index (χ0) is 14.4. The van der Waals surface area contributed by atoms with E-state index in [1.807, 2.05) is 0 Å². The molecule has 0 amide bonds. The van der Waals surface area contributed by atoms with Gasteiger partial charge in [-0.05, 0) is 56.3 Å². The summed E-state index contributed by atoms with van der Waals surface area (Å²) in [5.74, 6) is 10.1. The highest BCUT2D eigenvalue weighted by molar-refractivity contribution is 5.64. The van der Waals surface area contributed by atoms with Crippen LogP contribution in [0.3, 0.4) is 0 Å². The molecule has 0 saturated heterocycles. The SMILES string of the molecule is COc1c(NN)ncnc1NC12CC3CC(CC(C3)C1)C2. The zero-order valence-electron chi connectivity index (χ0n) is 12.4. The highest BCUT2D eigenvalue weighted by atomic mass is 16.5. The number of hydrogen-bond donors (Lipinski definition) is 3. The monoisotopic (exact) mass is 289 g/mol. The maximum Gasteiger partial charge on any atom is 0.205 e. The molecule has 0 atom stereocenters. The van der Waals surface area contributed by atoms with Gasteiger partial charge in [0.25, 0.3) is 0 Å². The first-order valence-corrected chi connectivity index (χ1v) is 7.85. The van der Waals surface area contributed by atoms with Gasteiger partial charge in [0.05, 0.1) is 7.11 Å². The van der Waals surface area contributed by atoms with Crippen molar-refractivity contribution in [3.63, 3.8) is 0 Å². The van der Waals surface area contributed by atoms with Crippen LogP contribution >= 0.6 is 0 Å². The van der Waals surface area contributed by atoms with Gasteiger partial charge in [-0.25, -0.2) is 15.8 Å². The fourth-order valence-corrected chi connectivity index (χ4v) is 5.27. The molecule has 1 heterocycles. The van der Waals surface area contributed by atoms with Gasteiger partial charge >= 0.3 is 0 Å². The molecular formula is C15H23N5O. The van der Waals surface area contributed by atoms with Gasteiger partial charge in [-0.1, -0.05) is 0 Å². The molecule has 0 radical (unpaired) electrons. The summed E-state index contributed by atoms with van der Waals surface area (Å²) >= 11 is 0. The number of hydrogen-bond acceptors (Lipinski definition) is 6. The van der Waals surface area contributed by atoms with Gasteiger partial charge in [0, 0.05) is 5.54 Å². The molecule has 0 aliphatic heterocycles. The van der Waals surface area contributed by atoms with E-state index in [4.69, 9.17) is 10.6 Å². The minimum atomic E-state index is 0.197. The highest BCUT2D eigenvalue weighted by Crippen LogP contribution is 2.56. The Morgan fingerprint density at radius 3 is 2.19 bits per heavy atom. The molecule has 4 aliphatic rings. The van der Waals surface area contributed by atoms with Gasteiger partial charge < -0.3 is 15.5 Å². The smallest absolute Gasteiger partial charge is 0.205 e. The molecule has 5 rings (SSSR count). The summed E-state index contributed by atoms with van der Waals surface area (Å²) in [4.78, 5) is 8.50. The van der Waals surface area contributed by atoms with E-state index >= 15 is 0 Å². The second-order valence-corrected chi connectivity index (χ2v) is 7.07. The average Bonchev–Trinajstić information content (AvgIpc) is 2.45. The molecule has 4 aliphatic carbocycles. The maximum absolute atomic E-state index is 5.51. The van der Waals surface area contributed by atoms with Crippen LogP contribution in [0.5, 0.6) is 5.75 Å². The van der Waals surface area contributed by atoms with Crippen LogP contribution in [0.4, 0.5) is 11.6 Å². The summed E-state index contributed by atoms with van der Waals surface area (Å²) in [5.41, 5.74) is 2.78. The quantitative estimate of drug-likeness (QED) is 0.582. The van der Waals surface area contributed by atoms with Gasteiger partial charge in [0.1, 0.15) is 6.33 Å². The lowest BCUT2D eigenvalue weighted by molar-refractivity contribution is 0.0104. The molecule has 1 aromatic rings. The van der Waals surface area contributed by atoms with Crippen molar-refractivity contribution in [2.24, 2.45) is 23.6 Å². The van der Waals surface area contributed by atoms with Crippen LogP contribution in [-0.2, 0) is 0 Å². The first-order valence-electron chi connectivity index (χ1n) is 7.85. The number of hydrazine groups is 1. The van der Waals surface area contributed by atoms with E-state index in [2.05, 4.69) is 20.7 Å². The summed E-state index contributed by atoms with van der Waals surface area (Å²) in [6.07, 6.45) is 9.60. The van der Waals surface area contributed by atoms with Gasteiger partial charge in [-0.3, -0.25) is 0 Å². The van der Waals surface area contributed by atoms with Crippen LogP contribution in [0.15, 0.2) is 6.33 Å². The first-order chi connectivity index (χ1) is 10.2. The van der Waals surface area contributed by atoms with Crippen LogP contribution in [-0.4, -0.2) is 22.6 Å². The molecule has 0 spiro atoms. The molecule has 0 aromatic carbocycles. The lowest BCUT2D eigenvalue weighted by Gasteiger charge is -2.57. The van der Waals surface area contributed by atoms with Crippen molar-refractivity contribution in [1.29, 1.82) is 0 Å². The van der Waals surface area contributed by atoms with E-state index in [0.29, 0.717) is 11.6 Å². The Balaban J connectivity index is 1.64. The third-order valence-corrected chi connectivity index (χ3v) is 5.57. The topological polar surface area (TPSA) is 85.1 Å². The van der Waals surface area contributed by atoms with E-state index in [0.717, 1.165) is 23.6 Å². The number of anilines is 2. The third-order valence-electron chi connectivity index (χ3n) is 5.57. The predicted octanol–water partition coefficient (Wildman–Crippen LogP) is 2.15. The number of nitrogen functional groups attached to an aromatic ring is 1. The summed E-state index contributed by atoms with van der Waals surface area (Å²) in [6, 6.07) is 0. The lowest BCUT2D eigenvalue weighted by atomic mass is 9.53. The van der Waals surface area contributed by atoms with Crippen molar-refractivity contribution in [3.8, 4) is 5.75 Å². The van der Waals surface area contributed by atoms with E-state index in [-0.39, 0.29) is 5.54 Å². The number of nitrogens with one attached hydrogen (secondary N) is 2. The lowest BCUT2D eigenvalue weighted by Crippen LogP contribution is -2.54. The average molecular weight is 289 g/mol. The van der Waals surface area contributed by atoms with E-state index in [1.165, 1.54) is 44.9 Å². The van der Waals surface area contributed by atoms with Crippen LogP contribution in [0.1, 0.15) is 38.5 Å². The fraction of sp³-hybridized carbons (Fsp3) is 0.733. The van der Waals surface area contributed by atoms with Crippen LogP contribution in [0.25, 0.3) is 0 Å². The summed E-state index contributed by atoms with van der Waals surface area (Å²) < 4.78 is 5.45. The summed E-state index contributed by atoms with van der Waals surface area (Å²) in [7, 11) is 1.63. The normalized spacial score (nSPS) is 36.6. The first kappa shape index (κ1) is 13.1. The standard InChI is InChI=1S/C15H23N5O/c1-21-12-13(17-8-18-14(12)20-16)19-15-5-9-2-10(6-15)4-11(3-9)7-15/h8-11H,2-7,16H2,1H3,(H2,17,18,19,20). The molecule has 6 heteroatoms. The molecule has 4 saturated carbocycles. The summed E-state index contributed by atoms with van der Waals surface area (Å²) in [5, 5.41) is 3.71. The Bertz CT molecular complexity index is 512. The van der Waals surface area contributed by atoms with Crippen molar-refractivity contribution >= 4 is 11.6 Å². The van der Waals surface area contributed by atoms with E-state index in [1.54, 1.807) is 7.11 Å². The maximum atomic E-state index is 5.51. The second kappa shape index (κ2) is 4.73. The highest BCUT2D eigenvalue weighted by Gasteiger charge is 2.51. The van der Waals surface area contributed by atoms with Gasteiger partial charge in [0.15, 0.2) is 11.6 Å². The molecule has 1 aromatic heterocycles. The Morgan fingerprint density at radius 1 is 1.10 bits per heavy atom. The van der Waals surface area contributed by atoms with Crippen LogP contribution in [0, 0.1) is 17.8 Å². The fourth-order valence-electron chi connectivity index (χ4n) is 5.27. The number of nitrogens with zero attached hydrogens (tertiary/aromatic N) is 2. The molecule has 4 N–H and O–H groups in total. The largest absolute Gasteiger partial charge is 0.490 e. The predicted molar refractivity (Wildman–Crippen MR) is 80.9 cm³/mol. The number of nitrogens with two attached hydrogens (primary N) is 1. The molecule has 21 heavy (non-hydrogen) atoms. The molecule has 6 nitrogen and oxygen atoms in total. The van der Waals surface area contributed by atoms with Crippen LogP contribution in [0.2, 0.25) is 0 Å². The van der Waals surface area contributed by atoms with Crippen molar-refractivity contribution in [3.05, 3.63) is 6.33 Å². The Morgan fingerprint density at radius 2 is 1.67 bits per heavy atom. The minimum Gasteiger partial charge on any atom is -0.490 e. The van der Waals surface area contributed by atoms with Gasteiger partial charge in [0.2, 0.25) is 5.75 Å². The number of aromatic nitrogens is 2. The molecule has 4 fully saturated rings. The van der Waals surface area contributed by atoms with Crippen LogP contribution < -0.4 is 21.3 Å². The summed E-state index contributed by atoms with van der Waals surface area (Å²) in [6.45, 7) is 0. The van der Waals surface area contributed by atoms with Gasteiger partial charge in [-0.15, -0.1) is 0 Å². The Hall–Kier alpha value is -1.56. The van der Waals surface area contributed by atoms with Gasteiger partial charge in [-0.2, -0.15) is 0 Å². The number of rotatable bonds is 4. The third kappa shape index (κ3) is 2.12. The van der Waals surface area contributed by atoms with E-state index in [9.17, 15) is 0 Å². The molecule has 114 valence electrons. The van der Waals surface area contributed by atoms with E-state index < -0.39 is 0 Å². The molecule has 0 unspecified atom stereocenters. The zero-order valence-corrected chi connectivity index (χ0v) is 12.4. The number of ether oxygens (including phenoxy) is 1. The van der Waals surface area contributed by atoms with Crippen molar-refractivity contribution in [1.82, 2.24) is 9.97 Å².